The molecular weight excluding hydrogens is 280 g/mol. The first kappa shape index (κ1) is 20.9. The van der Waals surface area contributed by atoms with Crippen LogP contribution in [0.5, 0.6) is 0 Å². The van der Waals surface area contributed by atoms with Gasteiger partial charge in [-0.25, -0.2) is 0 Å². The first-order valence-corrected chi connectivity index (χ1v) is 8.24. The molecule has 22 heavy (non-hydrogen) atoms. The zero-order valence-electron chi connectivity index (χ0n) is 15.6. The summed E-state index contributed by atoms with van der Waals surface area (Å²) in [7, 11) is 0. The second-order valence-corrected chi connectivity index (χ2v) is 8.25. The predicted molar refractivity (Wildman–Crippen MR) is 88.4 cm³/mol. The van der Waals surface area contributed by atoms with Gasteiger partial charge in [0.25, 0.3) is 0 Å². The van der Waals surface area contributed by atoms with Gasteiger partial charge in [-0.1, -0.05) is 41.5 Å². The van der Waals surface area contributed by atoms with Gasteiger partial charge in [-0.15, -0.1) is 0 Å². The van der Waals surface area contributed by atoms with Crippen LogP contribution in [0.3, 0.4) is 0 Å². The first-order chi connectivity index (χ1) is 9.91. The molecule has 0 aromatic rings. The fourth-order valence-corrected chi connectivity index (χ4v) is 2.60. The SMILES string of the molecule is CCOC(=O)C(CC(C)(C)C)C(CC(C)(C)C)C(=O)OCC. The minimum absolute atomic E-state index is 0.0694. The molecule has 0 spiro atoms. The fraction of sp³-hybridized carbons (Fsp3) is 0.889. The second kappa shape index (κ2) is 8.54. The van der Waals surface area contributed by atoms with Crippen molar-refractivity contribution in [1.29, 1.82) is 0 Å². The molecule has 0 N–H and O–H groups in total. The Balaban J connectivity index is 5.49. The van der Waals surface area contributed by atoms with Crippen molar-refractivity contribution >= 4 is 11.9 Å². The smallest absolute Gasteiger partial charge is 0.309 e. The standard InChI is InChI=1S/C18H34O4/c1-9-21-15(19)13(11-17(3,4)5)14(12-18(6,7)8)16(20)22-10-2/h13-14H,9-12H2,1-8H3. The summed E-state index contributed by atoms with van der Waals surface area (Å²) < 4.78 is 10.5. The summed E-state index contributed by atoms with van der Waals surface area (Å²) in [6.07, 6.45) is 1.21. The number of rotatable bonds is 7. The summed E-state index contributed by atoms with van der Waals surface area (Å²) in [6, 6.07) is 0. The third kappa shape index (κ3) is 8.40. The van der Waals surface area contributed by atoms with Crippen LogP contribution in [0.15, 0.2) is 0 Å². The summed E-state index contributed by atoms with van der Waals surface area (Å²) in [6.45, 7) is 16.6. The highest BCUT2D eigenvalue weighted by atomic mass is 16.5. The van der Waals surface area contributed by atoms with Gasteiger partial charge in [0.15, 0.2) is 0 Å². The van der Waals surface area contributed by atoms with E-state index < -0.39 is 11.8 Å². The molecule has 0 radical (unpaired) electrons. The van der Waals surface area contributed by atoms with Crippen molar-refractivity contribution in [1.82, 2.24) is 0 Å². The van der Waals surface area contributed by atoms with Gasteiger partial charge in [-0.3, -0.25) is 9.59 Å². The number of esters is 2. The molecule has 0 aromatic carbocycles. The normalized spacial score (nSPS) is 15.1. The molecule has 0 saturated heterocycles. The van der Waals surface area contributed by atoms with Gasteiger partial charge in [0.05, 0.1) is 25.0 Å². The van der Waals surface area contributed by atoms with Crippen molar-refractivity contribution in [3.05, 3.63) is 0 Å². The molecule has 4 heteroatoms. The van der Waals surface area contributed by atoms with Crippen LogP contribution in [0.4, 0.5) is 0 Å². The Bertz CT molecular complexity index is 324. The largest absolute Gasteiger partial charge is 0.466 e. The van der Waals surface area contributed by atoms with Crippen LogP contribution in [-0.4, -0.2) is 25.2 Å². The monoisotopic (exact) mass is 314 g/mol. The number of carbonyl (C=O) groups is 2. The maximum absolute atomic E-state index is 12.4. The molecule has 2 unspecified atom stereocenters. The van der Waals surface area contributed by atoms with Gasteiger partial charge >= 0.3 is 11.9 Å². The molecule has 130 valence electrons. The molecule has 0 bridgehead atoms. The molecule has 0 aliphatic heterocycles. The average Bonchev–Trinajstić information content (AvgIpc) is 2.31. The molecule has 2 atom stereocenters. The molecule has 4 nitrogen and oxygen atoms in total. The maximum Gasteiger partial charge on any atom is 0.309 e. The highest BCUT2D eigenvalue weighted by Crippen LogP contribution is 2.36. The van der Waals surface area contributed by atoms with Crippen LogP contribution < -0.4 is 0 Å². The fourth-order valence-electron chi connectivity index (χ4n) is 2.60. The van der Waals surface area contributed by atoms with Crippen molar-refractivity contribution in [2.45, 2.75) is 68.2 Å². The molecule has 0 aliphatic rings. The Morgan fingerprint density at radius 2 is 1.00 bits per heavy atom. The van der Waals surface area contributed by atoms with E-state index >= 15 is 0 Å². The van der Waals surface area contributed by atoms with E-state index in [-0.39, 0.29) is 22.8 Å². The number of hydrogen-bond acceptors (Lipinski definition) is 4. The predicted octanol–water partition coefficient (Wildman–Crippen LogP) is 4.22. The van der Waals surface area contributed by atoms with Crippen molar-refractivity contribution in [2.24, 2.45) is 22.7 Å². The van der Waals surface area contributed by atoms with Crippen LogP contribution in [0.1, 0.15) is 68.2 Å². The zero-order valence-corrected chi connectivity index (χ0v) is 15.6. The first-order valence-electron chi connectivity index (χ1n) is 8.24. The van der Waals surface area contributed by atoms with Gasteiger partial charge < -0.3 is 9.47 Å². The lowest BCUT2D eigenvalue weighted by atomic mass is 9.73. The quantitative estimate of drug-likeness (QED) is 0.660. The highest BCUT2D eigenvalue weighted by molar-refractivity contribution is 5.82. The molecule has 0 saturated carbocycles. The lowest BCUT2D eigenvalue weighted by Gasteiger charge is -2.33. The number of carbonyl (C=O) groups excluding carboxylic acids is 2. The van der Waals surface area contributed by atoms with E-state index in [2.05, 4.69) is 41.5 Å². The van der Waals surface area contributed by atoms with Crippen LogP contribution >= 0.6 is 0 Å². The number of hydrogen-bond donors (Lipinski definition) is 0. The van der Waals surface area contributed by atoms with Crippen LogP contribution in [0.2, 0.25) is 0 Å². The van der Waals surface area contributed by atoms with E-state index in [0.29, 0.717) is 26.1 Å². The molecular formula is C18H34O4. The molecule has 0 rings (SSSR count). The van der Waals surface area contributed by atoms with E-state index in [4.69, 9.17) is 9.47 Å². The van der Waals surface area contributed by atoms with Gasteiger partial charge in [-0.05, 0) is 37.5 Å². The molecule has 0 amide bonds. The zero-order chi connectivity index (χ0) is 17.6. The van der Waals surface area contributed by atoms with E-state index in [1.54, 1.807) is 13.8 Å². The van der Waals surface area contributed by atoms with Gasteiger partial charge in [0.2, 0.25) is 0 Å². The lowest BCUT2D eigenvalue weighted by Crippen LogP contribution is -2.37. The van der Waals surface area contributed by atoms with Crippen LogP contribution in [-0.2, 0) is 19.1 Å². The van der Waals surface area contributed by atoms with Gasteiger partial charge in [-0.2, -0.15) is 0 Å². The van der Waals surface area contributed by atoms with E-state index in [1.807, 2.05) is 0 Å². The Labute approximate surface area is 135 Å². The maximum atomic E-state index is 12.4. The number of ether oxygens (including phenoxy) is 2. The Morgan fingerprint density at radius 1 is 0.727 bits per heavy atom. The third-order valence-electron chi connectivity index (χ3n) is 3.33. The van der Waals surface area contributed by atoms with Gasteiger partial charge in [0.1, 0.15) is 0 Å². The average molecular weight is 314 g/mol. The molecule has 0 heterocycles. The third-order valence-corrected chi connectivity index (χ3v) is 3.33. The minimum Gasteiger partial charge on any atom is -0.466 e. The summed E-state index contributed by atoms with van der Waals surface area (Å²) in [4.78, 5) is 24.9. The summed E-state index contributed by atoms with van der Waals surface area (Å²) in [5, 5.41) is 0. The highest BCUT2D eigenvalue weighted by Gasteiger charge is 2.40. The van der Waals surface area contributed by atoms with Crippen molar-refractivity contribution < 1.29 is 19.1 Å². The van der Waals surface area contributed by atoms with Crippen LogP contribution in [0.25, 0.3) is 0 Å². The van der Waals surface area contributed by atoms with Gasteiger partial charge in [0, 0.05) is 0 Å². The Morgan fingerprint density at radius 3 is 1.18 bits per heavy atom. The molecule has 0 aromatic heterocycles. The Hall–Kier alpha value is -1.06. The van der Waals surface area contributed by atoms with E-state index in [9.17, 15) is 9.59 Å². The van der Waals surface area contributed by atoms with Crippen molar-refractivity contribution in [3.63, 3.8) is 0 Å². The minimum atomic E-state index is -0.460. The summed E-state index contributed by atoms with van der Waals surface area (Å²) in [5.74, 6) is -1.50. The van der Waals surface area contributed by atoms with Crippen molar-refractivity contribution in [3.8, 4) is 0 Å². The molecule has 0 fully saturated rings. The topological polar surface area (TPSA) is 52.6 Å². The lowest BCUT2D eigenvalue weighted by molar-refractivity contribution is -0.163. The summed E-state index contributed by atoms with van der Waals surface area (Å²) >= 11 is 0. The van der Waals surface area contributed by atoms with Crippen molar-refractivity contribution in [2.75, 3.05) is 13.2 Å². The van der Waals surface area contributed by atoms with E-state index in [0.717, 1.165) is 0 Å². The Kier molecular flexibility index (Phi) is 8.13. The van der Waals surface area contributed by atoms with E-state index in [1.165, 1.54) is 0 Å². The second-order valence-electron chi connectivity index (χ2n) is 8.25. The summed E-state index contributed by atoms with van der Waals surface area (Å²) in [5.41, 5.74) is -0.139. The molecule has 0 aliphatic carbocycles. The van der Waals surface area contributed by atoms with Crippen LogP contribution in [0, 0.1) is 22.7 Å².